The molecule has 0 bridgehead atoms. The van der Waals surface area contributed by atoms with Gasteiger partial charge in [-0.1, -0.05) is 52.9 Å². The number of hydrogen-bond acceptors (Lipinski definition) is 3. The van der Waals surface area contributed by atoms with E-state index in [1.165, 1.54) is 19.3 Å². The molecule has 0 radical (unpaired) electrons. The van der Waals surface area contributed by atoms with Crippen molar-refractivity contribution in [1.82, 2.24) is 16.0 Å². The maximum absolute atomic E-state index is 12.7. The molecule has 6 nitrogen and oxygen atoms in total. The van der Waals surface area contributed by atoms with Gasteiger partial charge in [-0.2, -0.15) is 0 Å². The average Bonchev–Trinajstić information content (AvgIpc) is 2.66. The Labute approximate surface area is 175 Å². The van der Waals surface area contributed by atoms with Gasteiger partial charge in [0.15, 0.2) is 0 Å². The lowest BCUT2D eigenvalue weighted by molar-refractivity contribution is -0.130. The van der Waals surface area contributed by atoms with Crippen molar-refractivity contribution in [3.05, 3.63) is 0 Å². The van der Waals surface area contributed by atoms with E-state index in [0.717, 1.165) is 19.3 Å². The molecule has 0 unspecified atom stereocenters. The minimum atomic E-state index is -0.571. The first kappa shape index (κ1) is 26.7. The SMILES string of the molecule is CCCCCCCCC(=O)N[C@@H](CC(C)C)C(=O)N[C@H](CCl)CCC(=O)NC. The summed E-state index contributed by atoms with van der Waals surface area (Å²) in [4.78, 5) is 36.3. The molecule has 7 heteroatoms. The van der Waals surface area contributed by atoms with Crippen LogP contribution in [0.15, 0.2) is 0 Å². The summed E-state index contributed by atoms with van der Waals surface area (Å²) in [5.74, 6) is 0.0976. The highest BCUT2D eigenvalue weighted by atomic mass is 35.5. The monoisotopic (exact) mass is 417 g/mol. The Kier molecular flexibility index (Phi) is 15.9. The molecule has 3 N–H and O–H groups in total. The summed E-state index contributed by atoms with van der Waals surface area (Å²) in [5.41, 5.74) is 0. The Balaban J connectivity index is 4.50. The third-order valence-corrected chi connectivity index (χ3v) is 5.02. The minimum absolute atomic E-state index is 0.0796. The molecule has 0 heterocycles. The number of nitrogens with one attached hydrogen (secondary N) is 3. The fraction of sp³-hybridized carbons (Fsp3) is 0.857. The van der Waals surface area contributed by atoms with E-state index in [-0.39, 0.29) is 35.6 Å². The highest BCUT2D eigenvalue weighted by Gasteiger charge is 2.24. The van der Waals surface area contributed by atoms with Gasteiger partial charge in [-0.05, 0) is 25.2 Å². The predicted octanol–water partition coefficient (Wildman–Crippen LogP) is 3.52. The first-order valence-electron chi connectivity index (χ1n) is 10.7. The summed E-state index contributed by atoms with van der Waals surface area (Å²) < 4.78 is 0. The van der Waals surface area contributed by atoms with Crippen molar-refractivity contribution in [2.45, 2.75) is 97.1 Å². The Bertz CT molecular complexity index is 458. The molecule has 0 aromatic heterocycles. The third kappa shape index (κ3) is 13.8. The average molecular weight is 418 g/mol. The van der Waals surface area contributed by atoms with Crippen LogP contribution in [0.5, 0.6) is 0 Å². The number of halogens is 1. The second kappa shape index (κ2) is 16.6. The standard InChI is InChI=1S/C21H40ClN3O3/c1-5-6-7-8-9-10-11-20(27)25-18(14-16(2)3)21(28)24-17(15-22)12-13-19(26)23-4/h16-18H,5-15H2,1-4H3,(H,23,26)(H,24,28)(H,25,27)/t17-,18-/m0/s1. The summed E-state index contributed by atoms with van der Waals surface area (Å²) in [6, 6.07) is -0.866. The van der Waals surface area contributed by atoms with Gasteiger partial charge in [-0.15, -0.1) is 11.6 Å². The van der Waals surface area contributed by atoms with Crippen LogP contribution in [0.2, 0.25) is 0 Å². The maximum atomic E-state index is 12.7. The Morgan fingerprint density at radius 3 is 2.11 bits per heavy atom. The van der Waals surface area contributed by atoms with Crippen LogP contribution in [-0.4, -0.2) is 42.7 Å². The lowest BCUT2D eigenvalue weighted by Crippen LogP contribution is -2.50. The summed E-state index contributed by atoms with van der Waals surface area (Å²) in [7, 11) is 1.58. The first-order chi connectivity index (χ1) is 13.3. The summed E-state index contributed by atoms with van der Waals surface area (Å²) in [5, 5.41) is 8.32. The second-order valence-corrected chi connectivity index (χ2v) is 8.15. The van der Waals surface area contributed by atoms with E-state index in [0.29, 0.717) is 25.7 Å². The van der Waals surface area contributed by atoms with Crippen molar-refractivity contribution < 1.29 is 14.4 Å². The molecule has 0 saturated heterocycles. The largest absolute Gasteiger partial charge is 0.359 e. The van der Waals surface area contributed by atoms with Gasteiger partial charge in [0.05, 0.1) is 0 Å². The number of hydrogen-bond donors (Lipinski definition) is 3. The molecule has 2 atom stereocenters. The van der Waals surface area contributed by atoms with Crippen LogP contribution in [0, 0.1) is 5.92 Å². The van der Waals surface area contributed by atoms with Crippen LogP contribution in [-0.2, 0) is 14.4 Å². The van der Waals surface area contributed by atoms with Crippen LogP contribution >= 0.6 is 11.6 Å². The summed E-state index contributed by atoms with van der Waals surface area (Å²) in [6.07, 6.45) is 8.49. The highest BCUT2D eigenvalue weighted by Crippen LogP contribution is 2.10. The maximum Gasteiger partial charge on any atom is 0.242 e. The number of carbonyl (C=O) groups excluding carboxylic acids is 3. The van der Waals surface area contributed by atoms with Crippen LogP contribution in [0.1, 0.15) is 85.0 Å². The normalized spacial score (nSPS) is 13.1. The topological polar surface area (TPSA) is 87.3 Å². The number of amides is 3. The zero-order valence-electron chi connectivity index (χ0n) is 18.1. The molecule has 0 aliphatic heterocycles. The molecule has 0 fully saturated rings. The molecule has 0 aromatic rings. The zero-order chi connectivity index (χ0) is 21.4. The van der Waals surface area contributed by atoms with E-state index in [9.17, 15) is 14.4 Å². The molecule has 3 amide bonds. The molecule has 0 saturated carbocycles. The zero-order valence-corrected chi connectivity index (χ0v) is 18.9. The number of carbonyl (C=O) groups is 3. The lowest BCUT2D eigenvalue weighted by atomic mass is 10.0. The Hall–Kier alpha value is -1.30. The quantitative estimate of drug-likeness (QED) is 0.265. The van der Waals surface area contributed by atoms with E-state index >= 15 is 0 Å². The highest BCUT2D eigenvalue weighted by molar-refractivity contribution is 6.18. The smallest absolute Gasteiger partial charge is 0.242 e. The predicted molar refractivity (Wildman–Crippen MR) is 115 cm³/mol. The van der Waals surface area contributed by atoms with Crippen molar-refractivity contribution in [3.63, 3.8) is 0 Å². The van der Waals surface area contributed by atoms with E-state index in [2.05, 4.69) is 22.9 Å². The lowest BCUT2D eigenvalue weighted by Gasteiger charge is -2.23. The van der Waals surface area contributed by atoms with E-state index in [1.807, 2.05) is 13.8 Å². The van der Waals surface area contributed by atoms with Gasteiger partial charge in [0.1, 0.15) is 6.04 Å². The van der Waals surface area contributed by atoms with Crippen molar-refractivity contribution >= 4 is 29.3 Å². The van der Waals surface area contributed by atoms with Crippen molar-refractivity contribution in [2.24, 2.45) is 5.92 Å². The molecule has 0 rings (SSSR count). The van der Waals surface area contributed by atoms with Crippen LogP contribution in [0.25, 0.3) is 0 Å². The fourth-order valence-electron chi connectivity index (χ4n) is 2.96. The molecule has 0 spiro atoms. The van der Waals surface area contributed by atoms with Crippen LogP contribution < -0.4 is 16.0 Å². The number of rotatable bonds is 16. The van der Waals surface area contributed by atoms with E-state index < -0.39 is 6.04 Å². The second-order valence-electron chi connectivity index (χ2n) is 7.84. The van der Waals surface area contributed by atoms with Gasteiger partial charge in [0.25, 0.3) is 0 Å². The summed E-state index contributed by atoms with van der Waals surface area (Å²) in [6.45, 7) is 6.22. The van der Waals surface area contributed by atoms with Crippen LogP contribution in [0.4, 0.5) is 0 Å². The Morgan fingerprint density at radius 1 is 0.893 bits per heavy atom. The molecule has 28 heavy (non-hydrogen) atoms. The molecule has 164 valence electrons. The van der Waals surface area contributed by atoms with Gasteiger partial charge in [-0.25, -0.2) is 0 Å². The Morgan fingerprint density at radius 2 is 1.54 bits per heavy atom. The molecular formula is C21H40ClN3O3. The molecule has 0 aromatic carbocycles. The first-order valence-corrected chi connectivity index (χ1v) is 11.2. The number of unbranched alkanes of at least 4 members (excludes halogenated alkanes) is 5. The van der Waals surface area contributed by atoms with Gasteiger partial charge in [-0.3, -0.25) is 14.4 Å². The third-order valence-electron chi connectivity index (χ3n) is 4.65. The molecule has 0 aliphatic rings. The fourth-order valence-corrected chi connectivity index (χ4v) is 3.19. The summed E-state index contributed by atoms with van der Waals surface area (Å²) >= 11 is 5.94. The van der Waals surface area contributed by atoms with Crippen LogP contribution in [0.3, 0.4) is 0 Å². The molecule has 0 aliphatic carbocycles. The minimum Gasteiger partial charge on any atom is -0.359 e. The van der Waals surface area contributed by atoms with Gasteiger partial charge in [0.2, 0.25) is 17.7 Å². The van der Waals surface area contributed by atoms with E-state index in [4.69, 9.17) is 11.6 Å². The van der Waals surface area contributed by atoms with Crippen molar-refractivity contribution in [1.29, 1.82) is 0 Å². The number of alkyl halides is 1. The van der Waals surface area contributed by atoms with E-state index in [1.54, 1.807) is 7.05 Å². The van der Waals surface area contributed by atoms with Gasteiger partial charge < -0.3 is 16.0 Å². The van der Waals surface area contributed by atoms with Crippen molar-refractivity contribution in [3.8, 4) is 0 Å². The van der Waals surface area contributed by atoms with Crippen molar-refractivity contribution in [2.75, 3.05) is 12.9 Å². The van der Waals surface area contributed by atoms with Gasteiger partial charge >= 0.3 is 0 Å². The molecular weight excluding hydrogens is 378 g/mol. The van der Waals surface area contributed by atoms with Gasteiger partial charge in [0, 0.05) is 31.8 Å².